The van der Waals surface area contributed by atoms with Crippen molar-refractivity contribution < 1.29 is 0 Å². The molecule has 0 saturated carbocycles. The number of thiazole rings is 1. The number of hydrogen-bond acceptors (Lipinski definition) is 3. The molecule has 1 heterocycles. The first-order valence-corrected chi connectivity index (χ1v) is 8.13. The fraction of sp³-hybridized carbons (Fsp3) is 0.438. The number of hydrogen-bond donors (Lipinski definition) is 1. The molecule has 2 aromatic rings. The first kappa shape index (κ1) is 15.5. The van der Waals surface area contributed by atoms with Crippen molar-refractivity contribution in [2.75, 3.05) is 6.54 Å². The van der Waals surface area contributed by atoms with Crippen molar-refractivity contribution >= 4 is 22.9 Å². The van der Waals surface area contributed by atoms with Gasteiger partial charge in [0.15, 0.2) is 0 Å². The number of halogens is 1. The maximum atomic E-state index is 6.05. The van der Waals surface area contributed by atoms with Gasteiger partial charge in [-0.3, -0.25) is 0 Å². The molecule has 0 spiro atoms. The molecular weight excluding hydrogens is 288 g/mol. The minimum absolute atomic E-state index is 0.294. The monoisotopic (exact) mass is 308 g/mol. The van der Waals surface area contributed by atoms with Gasteiger partial charge < -0.3 is 5.32 Å². The SMILES string of the molecule is CCNC(Cc1nc(C)c(C)s1)c1ccc(Cl)cc1C. The van der Waals surface area contributed by atoms with E-state index in [1.165, 1.54) is 21.0 Å². The Labute approximate surface area is 130 Å². The van der Waals surface area contributed by atoms with E-state index in [4.69, 9.17) is 11.6 Å². The van der Waals surface area contributed by atoms with E-state index in [-0.39, 0.29) is 0 Å². The van der Waals surface area contributed by atoms with E-state index in [1.807, 2.05) is 12.1 Å². The molecule has 0 aliphatic carbocycles. The van der Waals surface area contributed by atoms with Gasteiger partial charge >= 0.3 is 0 Å². The third kappa shape index (κ3) is 3.60. The van der Waals surface area contributed by atoms with Crippen molar-refractivity contribution in [2.24, 2.45) is 0 Å². The fourth-order valence-electron chi connectivity index (χ4n) is 2.37. The van der Waals surface area contributed by atoms with Gasteiger partial charge in [-0.15, -0.1) is 11.3 Å². The van der Waals surface area contributed by atoms with Crippen molar-refractivity contribution in [3.63, 3.8) is 0 Å². The molecule has 1 aromatic carbocycles. The quantitative estimate of drug-likeness (QED) is 0.872. The molecule has 1 atom stereocenters. The minimum atomic E-state index is 0.294. The van der Waals surface area contributed by atoms with Crippen LogP contribution in [0.3, 0.4) is 0 Å². The highest BCUT2D eigenvalue weighted by Gasteiger charge is 2.16. The number of rotatable bonds is 5. The topological polar surface area (TPSA) is 24.9 Å². The summed E-state index contributed by atoms with van der Waals surface area (Å²) in [6.07, 6.45) is 0.926. The molecule has 0 saturated heterocycles. The van der Waals surface area contributed by atoms with Crippen LogP contribution >= 0.6 is 22.9 Å². The van der Waals surface area contributed by atoms with E-state index in [0.717, 1.165) is 23.7 Å². The fourth-order valence-corrected chi connectivity index (χ4v) is 3.58. The predicted molar refractivity (Wildman–Crippen MR) is 87.9 cm³/mol. The number of aryl methyl sites for hydroxylation is 3. The molecule has 20 heavy (non-hydrogen) atoms. The Morgan fingerprint density at radius 1 is 1.30 bits per heavy atom. The van der Waals surface area contributed by atoms with Crippen LogP contribution in [0.15, 0.2) is 18.2 Å². The van der Waals surface area contributed by atoms with E-state index < -0.39 is 0 Å². The zero-order valence-corrected chi connectivity index (χ0v) is 14.0. The van der Waals surface area contributed by atoms with Crippen LogP contribution in [-0.2, 0) is 6.42 Å². The zero-order valence-electron chi connectivity index (χ0n) is 12.5. The van der Waals surface area contributed by atoms with Gasteiger partial charge in [0.05, 0.1) is 10.7 Å². The summed E-state index contributed by atoms with van der Waals surface area (Å²) in [5.41, 5.74) is 3.68. The summed E-state index contributed by atoms with van der Waals surface area (Å²) >= 11 is 7.85. The molecule has 0 amide bonds. The highest BCUT2D eigenvalue weighted by molar-refractivity contribution is 7.11. The van der Waals surface area contributed by atoms with Crippen LogP contribution in [0.25, 0.3) is 0 Å². The lowest BCUT2D eigenvalue weighted by Crippen LogP contribution is -2.23. The molecule has 0 aliphatic rings. The average molecular weight is 309 g/mol. The van der Waals surface area contributed by atoms with Gasteiger partial charge in [-0.25, -0.2) is 4.98 Å². The largest absolute Gasteiger partial charge is 0.310 e. The summed E-state index contributed by atoms with van der Waals surface area (Å²) in [5, 5.41) is 5.55. The Morgan fingerprint density at radius 2 is 2.05 bits per heavy atom. The average Bonchev–Trinajstić information content (AvgIpc) is 2.68. The van der Waals surface area contributed by atoms with Crippen LogP contribution in [0, 0.1) is 20.8 Å². The number of likely N-dealkylation sites (N-methyl/N-ethyl adjacent to an activating group) is 1. The van der Waals surface area contributed by atoms with Gasteiger partial charge in [-0.05, 0) is 50.6 Å². The van der Waals surface area contributed by atoms with Crippen LogP contribution in [0.4, 0.5) is 0 Å². The normalized spacial score (nSPS) is 12.7. The highest BCUT2D eigenvalue weighted by Crippen LogP contribution is 2.27. The standard InChI is InChI=1S/C16H21ClN2S/c1-5-18-15(9-16-19-11(3)12(4)20-16)14-7-6-13(17)8-10(14)2/h6-8,15,18H,5,9H2,1-4H3. The van der Waals surface area contributed by atoms with Crippen LogP contribution in [0.2, 0.25) is 5.02 Å². The Balaban J connectivity index is 2.26. The summed E-state index contributed by atoms with van der Waals surface area (Å²) in [4.78, 5) is 5.97. The molecule has 1 unspecified atom stereocenters. The van der Waals surface area contributed by atoms with Crippen LogP contribution in [0.1, 0.15) is 39.7 Å². The second-order valence-electron chi connectivity index (χ2n) is 5.06. The third-order valence-electron chi connectivity index (χ3n) is 3.51. The number of aromatic nitrogens is 1. The van der Waals surface area contributed by atoms with E-state index in [2.05, 4.69) is 44.1 Å². The van der Waals surface area contributed by atoms with Gasteiger partial charge in [0.1, 0.15) is 0 Å². The second kappa shape index (κ2) is 6.70. The van der Waals surface area contributed by atoms with E-state index in [1.54, 1.807) is 11.3 Å². The van der Waals surface area contributed by atoms with Crippen molar-refractivity contribution in [1.82, 2.24) is 10.3 Å². The molecule has 2 nitrogen and oxygen atoms in total. The van der Waals surface area contributed by atoms with Crippen LogP contribution in [-0.4, -0.2) is 11.5 Å². The van der Waals surface area contributed by atoms with E-state index >= 15 is 0 Å². The van der Waals surface area contributed by atoms with Gasteiger partial charge in [0.25, 0.3) is 0 Å². The van der Waals surface area contributed by atoms with Gasteiger partial charge in [0.2, 0.25) is 0 Å². The maximum absolute atomic E-state index is 6.05. The van der Waals surface area contributed by atoms with Gasteiger partial charge in [-0.1, -0.05) is 24.6 Å². The molecule has 1 aromatic heterocycles. The summed E-state index contributed by atoms with van der Waals surface area (Å²) in [6.45, 7) is 9.40. The molecular formula is C16H21ClN2S. The van der Waals surface area contributed by atoms with E-state index in [9.17, 15) is 0 Å². The lowest BCUT2D eigenvalue weighted by Gasteiger charge is -2.19. The lowest BCUT2D eigenvalue weighted by atomic mass is 9.99. The van der Waals surface area contributed by atoms with Gasteiger partial charge in [-0.2, -0.15) is 0 Å². The first-order valence-electron chi connectivity index (χ1n) is 6.93. The molecule has 108 valence electrons. The molecule has 2 rings (SSSR count). The maximum Gasteiger partial charge on any atom is 0.0949 e. The van der Waals surface area contributed by atoms with Gasteiger partial charge in [0, 0.05) is 22.4 Å². The minimum Gasteiger partial charge on any atom is -0.310 e. The molecule has 0 radical (unpaired) electrons. The third-order valence-corrected chi connectivity index (χ3v) is 4.84. The summed E-state index contributed by atoms with van der Waals surface area (Å²) in [7, 11) is 0. The van der Waals surface area contributed by atoms with Crippen molar-refractivity contribution in [3.05, 3.63) is 49.9 Å². The van der Waals surface area contributed by atoms with Crippen LogP contribution < -0.4 is 5.32 Å². The Hall–Kier alpha value is -0.900. The van der Waals surface area contributed by atoms with Crippen LogP contribution in [0.5, 0.6) is 0 Å². The Morgan fingerprint density at radius 3 is 2.60 bits per heavy atom. The van der Waals surface area contributed by atoms with Crippen molar-refractivity contribution in [3.8, 4) is 0 Å². The Kier molecular flexibility index (Phi) is 5.19. The second-order valence-corrected chi connectivity index (χ2v) is 6.79. The van der Waals surface area contributed by atoms with E-state index in [0.29, 0.717) is 6.04 Å². The predicted octanol–water partition coefficient (Wildman–Crippen LogP) is 4.62. The molecule has 4 heteroatoms. The molecule has 0 aliphatic heterocycles. The number of nitrogens with zero attached hydrogens (tertiary/aromatic N) is 1. The van der Waals surface area contributed by atoms with Crippen molar-refractivity contribution in [2.45, 2.75) is 40.2 Å². The lowest BCUT2D eigenvalue weighted by molar-refractivity contribution is 0.546. The molecule has 0 bridgehead atoms. The molecule has 0 fully saturated rings. The number of benzene rings is 1. The number of nitrogens with one attached hydrogen (secondary N) is 1. The highest BCUT2D eigenvalue weighted by atomic mass is 35.5. The summed E-state index contributed by atoms with van der Waals surface area (Å²) in [5.74, 6) is 0. The summed E-state index contributed by atoms with van der Waals surface area (Å²) in [6, 6.07) is 6.41. The van der Waals surface area contributed by atoms with Crippen molar-refractivity contribution in [1.29, 1.82) is 0 Å². The zero-order chi connectivity index (χ0) is 14.7. The Bertz CT molecular complexity index is 573. The summed E-state index contributed by atoms with van der Waals surface area (Å²) < 4.78 is 0. The first-order chi connectivity index (χ1) is 9.51. The smallest absolute Gasteiger partial charge is 0.0949 e. The molecule has 1 N–H and O–H groups in total.